The normalized spacial score (nSPS) is 23.4. The van der Waals surface area contributed by atoms with Crippen LogP contribution in [-0.4, -0.2) is 47.2 Å². The molecule has 2 heterocycles. The third kappa shape index (κ3) is 2.50. The van der Waals surface area contributed by atoms with Gasteiger partial charge in [0.05, 0.1) is 12.2 Å². The number of ether oxygens (including phenoxy) is 1. The van der Waals surface area contributed by atoms with E-state index >= 15 is 0 Å². The number of fused-ring (bicyclic) bond motifs is 1. The Morgan fingerprint density at radius 1 is 1.15 bits per heavy atom. The number of Topliss-reactive ketones (excluding diaryl/α,β-unsaturated/α-hetero) is 1. The molecule has 2 aliphatic heterocycles. The van der Waals surface area contributed by atoms with Crippen molar-refractivity contribution in [3.63, 3.8) is 0 Å². The Morgan fingerprint density at radius 3 is 2.52 bits per heavy atom. The molecule has 5 rings (SSSR count). The molecular weight excluding hydrogens is 350 g/mol. The average molecular weight is 369 g/mol. The summed E-state index contributed by atoms with van der Waals surface area (Å²) < 4.78 is 5.28. The molecule has 27 heavy (non-hydrogen) atoms. The fraction of sp³-hybridized carbons (Fsp3) is 0.474. The molecule has 4 amide bonds. The summed E-state index contributed by atoms with van der Waals surface area (Å²) >= 11 is 0. The SMILES string of the molecule is O=C1COc2ccc(C(=O)CN3C(=O)NC(C4CC4)(C4CC4)C3=O)cc2N1. The highest BCUT2D eigenvalue weighted by molar-refractivity contribution is 6.12. The van der Waals surface area contributed by atoms with Crippen molar-refractivity contribution in [2.45, 2.75) is 31.2 Å². The molecule has 1 saturated heterocycles. The number of hydrogen-bond acceptors (Lipinski definition) is 5. The number of benzene rings is 1. The van der Waals surface area contributed by atoms with Crippen LogP contribution in [0.3, 0.4) is 0 Å². The Hall–Kier alpha value is -2.90. The molecule has 3 fully saturated rings. The Balaban J connectivity index is 1.37. The van der Waals surface area contributed by atoms with E-state index in [9.17, 15) is 19.2 Å². The Bertz CT molecular complexity index is 875. The van der Waals surface area contributed by atoms with Crippen LogP contribution in [0.5, 0.6) is 5.75 Å². The molecular formula is C19H19N3O5. The zero-order valence-electron chi connectivity index (χ0n) is 14.6. The minimum Gasteiger partial charge on any atom is -0.482 e. The van der Waals surface area contributed by atoms with Crippen LogP contribution >= 0.6 is 0 Å². The lowest BCUT2D eigenvalue weighted by Gasteiger charge is -2.26. The van der Waals surface area contributed by atoms with Gasteiger partial charge in [-0.3, -0.25) is 19.3 Å². The van der Waals surface area contributed by atoms with Gasteiger partial charge in [-0.2, -0.15) is 0 Å². The first-order chi connectivity index (χ1) is 13.0. The van der Waals surface area contributed by atoms with E-state index in [1.807, 2.05) is 0 Å². The summed E-state index contributed by atoms with van der Waals surface area (Å²) in [5.41, 5.74) is -0.0650. The van der Waals surface area contributed by atoms with Gasteiger partial charge in [0.2, 0.25) is 0 Å². The fourth-order valence-corrected chi connectivity index (χ4v) is 4.21. The maximum absolute atomic E-state index is 13.1. The van der Waals surface area contributed by atoms with Crippen molar-refractivity contribution in [3.05, 3.63) is 23.8 Å². The average Bonchev–Trinajstić information content (AvgIpc) is 3.55. The van der Waals surface area contributed by atoms with E-state index in [2.05, 4.69) is 10.6 Å². The zero-order chi connectivity index (χ0) is 18.8. The van der Waals surface area contributed by atoms with E-state index < -0.39 is 11.6 Å². The van der Waals surface area contributed by atoms with Crippen molar-refractivity contribution in [1.29, 1.82) is 0 Å². The number of urea groups is 1. The van der Waals surface area contributed by atoms with E-state index in [1.165, 1.54) is 6.07 Å². The number of ketones is 1. The van der Waals surface area contributed by atoms with Gasteiger partial charge < -0.3 is 15.4 Å². The molecule has 1 aromatic carbocycles. The molecule has 2 N–H and O–H groups in total. The molecule has 0 atom stereocenters. The lowest BCUT2D eigenvalue weighted by molar-refractivity contribution is -0.132. The van der Waals surface area contributed by atoms with Gasteiger partial charge in [0, 0.05) is 5.56 Å². The molecule has 0 bridgehead atoms. The van der Waals surface area contributed by atoms with Crippen LogP contribution in [0.15, 0.2) is 18.2 Å². The molecule has 2 aliphatic carbocycles. The zero-order valence-corrected chi connectivity index (χ0v) is 14.6. The number of nitrogens with one attached hydrogen (secondary N) is 2. The molecule has 8 heteroatoms. The molecule has 0 unspecified atom stereocenters. The second kappa shape index (κ2) is 5.55. The summed E-state index contributed by atoms with van der Waals surface area (Å²) in [5.74, 6) is -0.0400. The third-order valence-electron chi connectivity index (χ3n) is 5.84. The van der Waals surface area contributed by atoms with E-state index in [1.54, 1.807) is 12.1 Å². The number of rotatable bonds is 5. The summed E-state index contributed by atoms with van der Waals surface area (Å²) in [6.07, 6.45) is 3.76. The van der Waals surface area contributed by atoms with Gasteiger partial charge in [0.25, 0.3) is 11.8 Å². The van der Waals surface area contributed by atoms with Crippen LogP contribution in [-0.2, 0) is 9.59 Å². The van der Waals surface area contributed by atoms with Crippen LogP contribution in [0.2, 0.25) is 0 Å². The van der Waals surface area contributed by atoms with Crippen molar-refractivity contribution < 1.29 is 23.9 Å². The Labute approximate surface area is 155 Å². The first kappa shape index (κ1) is 16.3. The Morgan fingerprint density at radius 2 is 1.85 bits per heavy atom. The molecule has 0 radical (unpaired) electrons. The summed E-state index contributed by atoms with van der Waals surface area (Å²) in [6.45, 7) is -0.368. The van der Waals surface area contributed by atoms with Crippen LogP contribution in [0.1, 0.15) is 36.0 Å². The summed E-state index contributed by atoms with van der Waals surface area (Å²) in [4.78, 5) is 50.7. The van der Waals surface area contributed by atoms with E-state index in [0.29, 0.717) is 17.0 Å². The number of carbonyl (C=O) groups excluding carboxylic acids is 4. The van der Waals surface area contributed by atoms with Gasteiger partial charge in [-0.05, 0) is 55.7 Å². The van der Waals surface area contributed by atoms with Crippen molar-refractivity contribution in [1.82, 2.24) is 10.2 Å². The number of imide groups is 1. The smallest absolute Gasteiger partial charge is 0.325 e. The molecule has 4 aliphatic rings. The molecule has 2 saturated carbocycles. The second-order valence-corrected chi connectivity index (χ2v) is 7.71. The van der Waals surface area contributed by atoms with Crippen molar-refractivity contribution >= 4 is 29.3 Å². The number of amides is 4. The second-order valence-electron chi connectivity index (χ2n) is 7.71. The number of carbonyl (C=O) groups is 4. The predicted molar refractivity (Wildman–Crippen MR) is 93.3 cm³/mol. The minimum absolute atomic E-state index is 0.0623. The minimum atomic E-state index is -0.797. The maximum Gasteiger partial charge on any atom is 0.325 e. The molecule has 8 nitrogen and oxygen atoms in total. The lowest BCUT2D eigenvalue weighted by atomic mass is 9.87. The summed E-state index contributed by atoms with van der Waals surface area (Å²) in [6, 6.07) is 4.21. The number of anilines is 1. The molecule has 0 aromatic heterocycles. The highest BCUT2D eigenvalue weighted by Crippen LogP contribution is 2.54. The first-order valence-corrected chi connectivity index (χ1v) is 9.23. The van der Waals surface area contributed by atoms with Crippen LogP contribution in [0.4, 0.5) is 10.5 Å². The largest absolute Gasteiger partial charge is 0.482 e. The van der Waals surface area contributed by atoms with Gasteiger partial charge in [-0.15, -0.1) is 0 Å². The van der Waals surface area contributed by atoms with E-state index in [0.717, 1.165) is 30.6 Å². The maximum atomic E-state index is 13.1. The highest BCUT2D eigenvalue weighted by atomic mass is 16.5. The topological polar surface area (TPSA) is 105 Å². The van der Waals surface area contributed by atoms with Crippen molar-refractivity contribution in [3.8, 4) is 5.75 Å². The number of hydrogen-bond donors (Lipinski definition) is 2. The van der Waals surface area contributed by atoms with Gasteiger partial charge in [-0.25, -0.2) is 4.79 Å². The third-order valence-corrected chi connectivity index (χ3v) is 5.84. The highest BCUT2D eigenvalue weighted by Gasteiger charge is 2.65. The van der Waals surface area contributed by atoms with E-state index in [4.69, 9.17) is 4.74 Å². The van der Waals surface area contributed by atoms with Gasteiger partial charge in [-0.1, -0.05) is 0 Å². The quantitative estimate of drug-likeness (QED) is 0.601. The monoisotopic (exact) mass is 369 g/mol. The van der Waals surface area contributed by atoms with Gasteiger partial charge >= 0.3 is 6.03 Å². The Kier molecular flexibility index (Phi) is 3.35. The van der Waals surface area contributed by atoms with Crippen LogP contribution in [0, 0.1) is 11.8 Å². The molecule has 1 aromatic rings. The predicted octanol–water partition coefficient (Wildman–Crippen LogP) is 1.31. The van der Waals surface area contributed by atoms with Crippen LogP contribution < -0.4 is 15.4 Å². The molecule has 0 spiro atoms. The van der Waals surface area contributed by atoms with Gasteiger partial charge in [0.1, 0.15) is 11.3 Å². The lowest BCUT2D eigenvalue weighted by Crippen LogP contribution is -2.51. The summed E-state index contributed by atoms with van der Waals surface area (Å²) in [7, 11) is 0. The van der Waals surface area contributed by atoms with Crippen molar-refractivity contribution in [2.75, 3.05) is 18.5 Å². The fourth-order valence-electron chi connectivity index (χ4n) is 4.21. The number of nitrogens with zero attached hydrogens (tertiary/aromatic N) is 1. The van der Waals surface area contributed by atoms with Crippen molar-refractivity contribution in [2.24, 2.45) is 11.8 Å². The van der Waals surface area contributed by atoms with E-state index in [-0.39, 0.29) is 42.6 Å². The standard InChI is InChI=1S/C19H19N3O5/c23-14(10-1-6-15-13(7-10)20-16(24)9-27-15)8-22-17(25)19(11-2-3-11,12-4-5-12)21-18(22)26/h1,6-7,11-12H,2-5,8-9H2,(H,20,24)(H,21,26). The molecule has 140 valence electrons. The summed E-state index contributed by atoms with van der Waals surface area (Å²) in [5, 5.41) is 5.56. The van der Waals surface area contributed by atoms with Gasteiger partial charge in [0.15, 0.2) is 12.4 Å². The first-order valence-electron chi connectivity index (χ1n) is 9.23. The van der Waals surface area contributed by atoms with Crippen LogP contribution in [0.25, 0.3) is 0 Å².